The minimum Gasteiger partial charge on any atom is -0.353 e. The van der Waals surface area contributed by atoms with Crippen LogP contribution < -0.4 is 11.1 Å². The molecule has 3 nitrogen and oxygen atoms in total. The van der Waals surface area contributed by atoms with E-state index < -0.39 is 0 Å². The van der Waals surface area contributed by atoms with Gasteiger partial charge in [0.15, 0.2) is 0 Å². The first-order chi connectivity index (χ1) is 8.08. The lowest BCUT2D eigenvalue weighted by molar-refractivity contribution is -0.126. The van der Waals surface area contributed by atoms with Crippen LogP contribution in [0.4, 0.5) is 0 Å². The summed E-state index contributed by atoms with van der Waals surface area (Å²) in [5.74, 6) is 1.69. The molecule has 0 saturated heterocycles. The molecule has 0 heterocycles. The highest BCUT2D eigenvalue weighted by atomic mass is 16.1. The van der Waals surface area contributed by atoms with Gasteiger partial charge in [0.05, 0.1) is 5.92 Å². The molecule has 1 aliphatic carbocycles. The number of nitrogens with one attached hydrogen (secondary N) is 1. The summed E-state index contributed by atoms with van der Waals surface area (Å²) in [6.07, 6.45) is 5.40. The standard InChI is InChI=1S/C14H28N2O/c1-4-5-12(9-15)14(17)16-13-7-6-10(2)11(3)8-13/h10-13H,4-9,15H2,1-3H3,(H,16,17). The summed E-state index contributed by atoms with van der Waals surface area (Å²) in [5, 5.41) is 3.19. The first-order valence-corrected chi connectivity index (χ1v) is 7.08. The first-order valence-electron chi connectivity index (χ1n) is 7.08. The van der Waals surface area contributed by atoms with Crippen LogP contribution in [0.2, 0.25) is 0 Å². The van der Waals surface area contributed by atoms with E-state index in [1.807, 2.05) is 0 Å². The fourth-order valence-corrected chi connectivity index (χ4v) is 2.70. The van der Waals surface area contributed by atoms with Crippen molar-refractivity contribution in [1.29, 1.82) is 0 Å². The van der Waals surface area contributed by atoms with Gasteiger partial charge in [-0.2, -0.15) is 0 Å². The summed E-state index contributed by atoms with van der Waals surface area (Å²) in [4.78, 5) is 12.0. The third-order valence-corrected chi connectivity index (χ3v) is 4.24. The molecular formula is C14H28N2O. The third-order valence-electron chi connectivity index (χ3n) is 4.24. The van der Waals surface area contributed by atoms with E-state index in [0.717, 1.165) is 37.5 Å². The van der Waals surface area contributed by atoms with Crippen LogP contribution in [0.1, 0.15) is 52.9 Å². The van der Waals surface area contributed by atoms with Crippen LogP contribution in [0, 0.1) is 17.8 Å². The van der Waals surface area contributed by atoms with Crippen molar-refractivity contribution in [2.24, 2.45) is 23.5 Å². The second-order valence-electron chi connectivity index (χ2n) is 5.69. The molecule has 4 atom stereocenters. The zero-order valence-corrected chi connectivity index (χ0v) is 11.5. The van der Waals surface area contributed by atoms with Crippen LogP contribution in [0.5, 0.6) is 0 Å². The van der Waals surface area contributed by atoms with Crippen molar-refractivity contribution >= 4 is 5.91 Å². The maximum Gasteiger partial charge on any atom is 0.224 e. The number of carbonyl (C=O) groups excluding carboxylic acids is 1. The molecule has 3 N–H and O–H groups in total. The number of nitrogens with two attached hydrogens (primary N) is 1. The number of hydrogen-bond donors (Lipinski definition) is 2. The van der Waals surface area contributed by atoms with E-state index in [2.05, 4.69) is 26.1 Å². The van der Waals surface area contributed by atoms with Gasteiger partial charge in [0.1, 0.15) is 0 Å². The molecule has 1 rings (SSSR count). The molecule has 0 spiro atoms. The van der Waals surface area contributed by atoms with Gasteiger partial charge in [0.2, 0.25) is 5.91 Å². The quantitative estimate of drug-likeness (QED) is 0.774. The van der Waals surface area contributed by atoms with Crippen LogP contribution in [-0.4, -0.2) is 18.5 Å². The summed E-state index contributed by atoms with van der Waals surface area (Å²) >= 11 is 0. The Bertz CT molecular complexity index is 242. The zero-order valence-electron chi connectivity index (χ0n) is 11.5. The van der Waals surface area contributed by atoms with Crippen molar-refractivity contribution in [2.45, 2.75) is 58.9 Å². The molecule has 0 radical (unpaired) electrons. The Balaban J connectivity index is 2.40. The molecule has 1 saturated carbocycles. The van der Waals surface area contributed by atoms with Crippen molar-refractivity contribution < 1.29 is 4.79 Å². The topological polar surface area (TPSA) is 55.1 Å². The molecule has 0 aromatic heterocycles. The van der Waals surface area contributed by atoms with Crippen LogP contribution >= 0.6 is 0 Å². The second kappa shape index (κ2) is 7.00. The molecule has 100 valence electrons. The van der Waals surface area contributed by atoms with Gasteiger partial charge < -0.3 is 11.1 Å². The van der Waals surface area contributed by atoms with E-state index in [4.69, 9.17) is 5.73 Å². The Morgan fingerprint density at radius 3 is 2.59 bits per heavy atom. The van der Waals surface area contributed by atoms with E-state index in [1.165, 1.54) is 6.42 Å². The number of amides is 1. The summed E-state index contributed by atoms with van der Waals surface area (Å²) in [6.45, 7) is 7.16. The predicted molar refractivity (Wildman–Crippen MR) is 71.6 cm³/mol. The van der Waals surface area contributed by atoms with Crippen LogP contribution in [0.15, 0.2) is 0 Å². The van der Waals surface area contributed by atoms with E-state index >= 15 is 0 Å². The lowest BCUT2D eigenvalue weighted by Crippen LogP contribution is -2.44. The average molecular weight is 240 g/mol. The first kappa shape index (κ1) is 14.5. The van der Waals surface area contributed by atoms with E-state index in [-0.39, 0.29) is 11.8 Å². The van der Waals surface area contributed by atoms with Gasteiger partial charge in [-0.05, 0) is 37.5 Å². The molecule has 4 unspecified atom stereocenters. The molecule has 3 heteroatoms. The minimum atomic E-state index is 0.00894. The average Bonchev–Trinajstić information content (AvgIpc) is 2.30. The van der Waals surface area contributed by atoms with Gasteiger partial charge in [-0.3, -0.25) is 4.79 Å². The van der Waals surface area contributed by atoms with Crippen molar-refractivity contribution in [1.82, 2.24) is 5.32 Å². The molecule has 0 aromatic carbocycles. The largest absolute Gasteiger partial charge is 0.353 e. The number of carbonyl (C=O) groups is 1. The van der Waals surface area contributed by atoms with E-state index in [0.29, 0.717) is 12.6 Å². The second-order valence-corrected chi connectivity index (χ2v) is 5.69. The van der Waals surface area contributed by atoms with Crippen molar-refractivity contribution in [3.8, 4) is 0 Å². The van der Waals surface area contributed by atoms with Crippen molar-refractivity contribution in [3.63, 3.8) is 0 Å². The molecule has 1 aliphatic rings. The van der Waals surface area contributed by atoms with Gasteiger partial charge in [0, 0.05) is 12.6 Å². The maximum atomic E-state index is 12.0. The Kier molecular flexibility index (Phi) is 5.96. The summed E-state index contributed by atoms with van der Waals surface area (Å²) in [7, 11) is 0. The normalized spacial score (nSPS) is 30.9. The van der Waals surface area contributed by atoms with Crippen molar-refractivity contribution in [3.05, 3.63) is 0 Å². The number of hydrogen-bond acceptors (Lipinski definition) is 2. The summed E-state index contributed by atoms with van der Waals surface area (Å²) < 4.78 is 0. The third kappa shape index (κ3) is 4.30. The lowest BCUT2D eigenvalue weighted by Gasteiger charge is -2.33. The van der Waals surface area contributed by atoms with Gasteiger partial charge in [0.25, 0.3) is 0 Å². The molecule has 1 amide bonds. The Labute approximate surface area is 106 Å². The van der Waals surface area contributed by atoms with Gasteiger partial charge in [-0.25, -0.2) is 0 Å². The SMILES string of the molecule is CCCC(CN)C(=O)NC1CCC(C)C(C)C1. The highest BCUT2D eigenvalue weighted by Gasteiger charge is 2.27. The van der Waals surface area contributed by atoms with E-state index in [9.17, 15) is 4.79 Å². The Morgan fingerprint density at radius 1 is 1.35 bits per heavy atom. The predicted octanol–water partition coefficient (Wildman–Crippen LogP) is 2.30. The van der Waals surface area contributed by atoms with Crippen LogP contribution in [0.3, 0.4) is 0 Å². The monoisotopic (exact) mass is 240 g/mol. The van der Waals surface area contributed by atoms with Gasteiger partial charge >= 0.3 is 0 Å². The molecular weight excluding hydrogens is 212 g/mol. The number of rotatable bonds is 5. The zero-order chi connectivity index (χ0) is 12.8. The van der Waals surface area contributed by atoms with Crippen LogP contribution in [-0.2, 0) is 4.79 Å². The van der Waals surface area contributed by atoms with Gasteiger partial charge in [-0.1, -0.05) is 27.2 Å². The molecule has 0 aromatic rings. The maximum absolute atomic E-state index is 12.0. The van der Waals surface area contributed by atoms with E-state index in [1.54, 1.807) is 0 Å². The highest BCUT2D eigenvalue weighted by Crippen LogP contribution is 2.29. The molecule has 0 aliphatic heterocycles. The highest BCUT2D eigenvalue weighted by molar-refractivity contribution is 5.79. The smallest absolute Gasteiger partial charge is 0.224 e. The van der Waals surface area contributed by atoms with Crippen LogP contribution in [0.25, 0.3) is 0 Å². The Hall–Kier alpha value is -0.570. The Morgan fingerprint density at radius 2 is 2.06 bits per heavy atom. The minimum absolute atomic E-state index is 0.00894. The lowest BCUT2D eigenvalue weighted by atomic mass is 9.79. The fraction of sp³-hybridized carbons (Fsp3) is 0.929. The molecule has 1 fully saturated rings. The summed E-state index contributed by atoms with van der Waals surface area (Å²) in [5.41, 5.74) is 5.65. The molecule has 0 bridgehead atoms. The molecule has 17 heavy (non-hydrogen) atoms. The fourth-order valence-electron chi connectivity index (χ4n) is 2.70. The van der Waals surface area contributed by atoms with Crippen molar-refractivity contribution in [2.75, 3.05) is 6.54 Å². The van der Waals surface area contributed by atoms with Gasteiger partial charge in [-0.15, -0.1) is 0 Å². The summed E-state index contributed by atoms with van der Waals surface area (Å²) in [6, 6.07) is 0.375.